The second-order valence-electron chi connectivity index (χ2n) is 4.12. The summed E-state index contributed by atoms with van der Waals surface area (Å²) >= 11 is 3.18. The van der Waals surface area contributed by atoms with Crippen molar-refractivity contribution in [3.05, 3.63) is 44.6 Å². The highest BCUT2D eigenvalue weighted by Gasteiger charge is 2.31. The first-order valence-electron chi connectivity index (χ1n) is 5.83. The molecule has 9 heteroatoms. The van der Waals surface area contributed by atoms with Crippen LogP contribution in [0.15, 0.2) is 34.4 Å². The van der Waals surface area contributed by atoms with Crippen LogP contribution in [0.3, 0.4) is 0 Å². The first-order valence-corrected chi connectivity index (χ1v) is 6.62. The van der Waals surface area contributed by atoms with Crippen LogP contribution in [0.4, 0.5) is 11.4 Å². The Morgan fingerprint density at radius 1 is 1.38 bits per heavy atom. The Morgan fingerprint density at radius 3 is 2.71 bits per heavy atom. The number of carbonyl (C=O) groups excluding carboxylic acids is 2. The van der Waals surface area contributed by atoms with Gasteiger partial charge in [-0.05, 0) is 12.1 Å². The number of anilines is 1. The smallest absolute Gasteiger partial charge is 0.292 e. The van der Waals surface area contributed by atoms with Crippen molar-refractivity contribution >= 4 is 39.1 Å². The maximum atomic E-state index is 12.0. The molecular formula is C12H10BrN3O5. The summed E-state index contributed by atoms with van der Waals surface area (Å²) in [4.78, 5) is 34.8. The predicted octanol–water partition coefficient (Wildman–Crippen LogP) is 1.01. The van der Waals surface area contributed by atoms with Gasteiger partial charge in [0, 0.05) is 16.6 Å². The molecule has 0 atom stereocenters. The van der Waals surface area contributed by atoms with Crippen LogP contribution < -0.4 is 5.32 Å². The van der Waals surface area contributed by atoms with Crippen molar-refractivity contribution in [3.63, 3.8) is 0 Å². The average Bonchev–Trinajstić information content (AvgIpc) is 2.67. The minimum absolute atomic E-state index is 0.0744. The van der Waals surface area contributed by atoms with E-state index in [1.54, 1.807) is 0 Å². The standard InChI is InChI=1S/C12H10BrN3O5/c13-7-1-2-10(16(20)21)8(5-7)14-9-6-11(18)15(3-4-17)12(9)19/h1-2,5-6,14,17H,3-4H2. The van der Waals surface area contributed by atoms with Crippen molar-refractivity contribution in [1.82, 2.24) is 4.90 Å². The van der Waals surface area contributed by atoms with E-state index >= 15 is 0 Å². The zero-order chi connectivity index (χ0) is 15.6. The van der Waals surface area contributed by atoms with Crippen LogP contribution in [0.1, 0.15) is 0 Å². The van der Waals surface area contributed by atoms with Crippen molar-refractivity contribution in [2.75, 3.05) is 18.5 Å². The largest absolute Gasteiger partial charge is 0.395 e. The quantitative estimate of drug-likeness (QED) is 0.463. The van der Waals surface area contributed by atoms with Crippen LogP contribution in [0.5, 0.6) is 0 Å². The Morgan fingerprint density at radius 2 is 2.10 bits per heavy atom. The summed E-state index contributed by atoms with van der Waals surface area (Å²) in [5, 5.41) is 22.4. The van der Waals surface area contributed by atoms with E-state index in [-0.39, 0.29) is 30.2 Å². The first-order chi connectivity index (χ1) is 9.93. The summed E-state index contributed by atoms with van der Waals surface area (Å²) in [6.45, 7) is -0.477. The number of nitro groups is 1. The fourth-order valence-electron chi connectivity index (χ4n) is 1.82. The lowest BCUT2D eigenvalue weighted by molar-refractivity contribution is -0.383. The number of benzene rings is 1. The minimum atomic E-state index is -0.636. The molecule has 1 aromatic carbocycles. The number of halogens is 1. The molecule has 1 aliphatic rings. The van der Waals surface area contributed by atoms with E-state index in [0.29, 0.717) is 4.47 Å². The van der Waals surface area contributed by atoms with Gasteiger partial charge < -0.3 is 10.4 Å². The number of nitro benzene ring substituents is 1. The van der Waals surface area contributed by atoms with Gasteiger partial charge in [0.25, 0.3) is 17.5 Å². The van der Waals surface area contributed by atoms with E-state index in [1.165, 1.54) is 18.2 Å². The van der Waals surface area contributed by atoms with Crippen molar-refractivity contribution in [3.8, 4) is 0 Å². The van der Waals surface area contributed by atoms with Crippen LogP contribution in [0.25, 0.3) is 0 Å². The topological polar surface area (TPSA) is 113 Å². The Bertz CT molecular complexity index is 658. The molecule has 110 valence electrons. The van der Waals surface area contributed by atoms with E-state index in [2.05, 4.69) is 21.2 Å². The highest BCUT2D eigenvalue weighted by Crippen LogP contribution is 2.30. The SMILES string of the molecule is O=C1C=C(Nc2cc(Br)ccc2[N+](=O)[O-])C(=O)N1CCO. The van der Waals surface area contributed by atoms with Crippen LogP contribution >= 0.6 is 15.9 Å². The molecular weight excluding hydrogens is 346 g/mol. The Balaban J connectivity index is 2.29. The molecule has 1 aliphatic heterocycles. The maximum absolute atomic E-state index is 12.0. The van der Waals surface area contributed by atoms with E-state index in [4.69, 9.17) is 5.11 Å². The second-order valence-corrected chi connectivity index (χ2v) is 5.04. The van der Waals surface area contributed by atoms with Gasteiger partial charge in [0.05, 0.1) is 18.1 Å². The summed E-state index contributed by atoms with van der Waals surface area (Å²) in [5.41, 5.74) is -0.206. The normalized spacial score (nSPS) is 14.4. The molecule has 0 unspecified atom stereocenters. The van der Waals surface area contributed by atoms with Crippen molar-refractivity contribution < 1.29 is 19.6 Å². The van der Waals surface area contributed by atoms with Gasteiger partial charge in [-0.3, -0.25) is 24.6 Å². The Labute approximate surface area is 127 Å². The zero-order valence-electron chi connectivity index (χ0n) is 10.6. The summed E-state index contributed by atoms with van der Waals surface area (Å²) in [5.74, 6) is -1.21. The molecule has 8 nitrogen and oxygen atoms in total. The fourth-order valence-corrected chi connectivity index (χ4v) is 2.18. The minimum Gasteiger partial charge on any atom is -0.395 e. The van der Waals surface area contributed by atoms with E-state index in [1.807, 2.05) is 0 Å². The number of β-amino-alcohol motifs (C(OH)–C–C–N with tert-alkyl or cyclic N) is 1. The molecule has 2 N–H and O–H groups in total. The third kappa shape index (κ3) is 3.09. The van der Waals surface area contributed by atoms with E-state index < -0.39 is 16.7 Å². The first kappa shape index (κ1) is 15.1. The molecule has 1 aromatic rings. The number of imide groups is 1. The number of nitrogens with one attached hydrogen (secondary N) is 1. The van der Waals surface area contributed by atoms with Crippen LogP contribution in [0, 0.1) is 10.1 Å². The van der Waals surface area contributed by atoms with E-state index in [0.717, 1.165) is 11.0 Å². The number of rotatable bonds is 5. The van der Waals surface area contributed by atoms with Crippen molar-refractivity contribution in [2.45, 2.75) is 0 Å². The lowest BCUT2D eigenvalue weighted by Crippen LogP contribution is -2.34. The van der Waals surface area contributed by atoms with Gasteiger partial charge in [0.2, 0.25) is 0 Å². The van der Waals surface area contributed by atoms with Crippen LogP contribution in [0.2, 0.25) is 0 Å². The van der Waals surface area contributed by atoms with Gasteiger partial charge in [-0.1, -0.05) is 15.9 Å². The lowest BCUT2D eigenvalue weighted by Gasteiger charge is -2.13. The fraction of sp³-hybridized carbons (Fsp3) is 0.167. The number of nitrogens with zero attached hydrogens (tertiary/aromatic N) is 2. The average molecular weight is 356 g/mol. The third-order valence-corrected chi connectivity index (χ3v) is 3.25. The Kier molecular flexibility index (Phi) is 4.34. The number of carbonyl (C=O) groups is 2. The van der Waals surface area contributed by atoms with Gasteiger partial charge in [-0.25, -0.2) is 0 Å². The third-order valence-electron chi connectivity index (χ3n) is 2.76. The van der Waals surface area contributed by atoms with Gasteiger partial charge in [-0.2, -0.15) is 0 Å². The maximum Gasteiger partial charge on any atom is 0.292 e. The van der Waals surface area contributed by atoms with Gasteiger partial charge in [-0.15, -0.1) is 0 Å². The zero-order valence-corrected chi connectivity index (χ0v) is 12.2. The molecule has 2 amide bonds. The van der Waals surface area contributed by atoms with Gasteiger partial charge >= 0.3 is 0 Å². The molecule has 0 aromatic heterocycles. The molecule has 0 radical (unpaired) electrons. The monoisotopic (exact) mass is 355 g/mol. The number of amides is 2. The molecule has 2 rings (SSSR count). The van der Waals surface area contributed by atoms with Crippen molar-refractivity contribution in [2.24, 2.45) is 0 Å². The number of aliphatic hydroxyl groups excluding tert-OH is 1. The molecule has 0 fully saturated rings. The predicted molar refractivity (Wildman–Crippen MR) is 76.3 cm³/mol. The second kappa shape index (κ2) is 6.02. The number of hydrogen-bond acceptors (Lipinski definition) is 6. The van der Waals surface area contributed by atoms with Gasteiger partial charge in [0.15, 0.2) is 0 Å². The summed E-state index contributed by atoms with van der Waals surface area (Å²) < 4.78 is 0.584. The molecule has 1 heterocycles. The lowest BCUT2D eigenvalue weighted by atomic mass is 10.2. The highest BCUT2D eigenvalue weighted by atomic mass is 79.9. The molecule has 0 aliphatic carbocycles. The Hall–Kier alpha value is -2.26. The summed E-state index contributed by atoms with van der Waals surface area (Å²) in [6, 6.07) is 4.21. The molecule has 0 bridgehead atoms. The summed E-state index contributed by atoms with van der Waals surface area (Å²) in [7, 11) is 0. The van der Waals surface area contributed by atoms with E-state index in [9.17, 15) is 19.7 Å². The summed E-state index contributed by atoms with van der Waals surface area (Å²) in [6.07, 6.45) is 1.04. The molecule has 21 heavy (non-hydrogen) atoms. The van der Waals surface area contributed by atoms with Crippen LogP contribution in [-0.4, -0.2) is 39.9 Å². The van der Waals surface area contributed by atoms with Gasteiger partial charge in [0.1, 0.15) is 11.4 Å². The number of hydrogen-bond donors (Lipinski definition) is 2. The molecule has 0 saturated heterocycles. The molecule has 0 saturated carbocycles. The van der Waals surface area contributed by atoms with Crippen LogP contribution in [-0.2, 0) is 9.59 Å². The highest BCUT2D eigenvalue weighted by molar-refractivity contribution is 9.10. The number of aliphatic hydroxyl groups is 1. The van der Waals surface area contributed by atoms with Crippen molar-refractivity contribution in [1.29, 1.82) is 0 Å². The molecule has 0 spiro atoms.